The van der Waals surface area contributed by atoms with Crippen molar-refractivity contribution in [1.29, 1.82) is 0 Å². The zero-order valence-corrected chi connectivity index (χ0v) is 11.9. The fraction of sp³-hybridized carbons (Fsp3) is 0.500. The van der Waals surface area contributed by atoms with E-state index in [1.807, 2.05) is 6.26 Å². The third kappa shape index (κ3) is 2.46. The number of thioether (sulfide) groups is 1. The number of amides is 3. The van der Waals surface area contributed by atoms with Crippen LogP contribution in [0, 0.1) is 0 Å². The molecule has 1 fully saturated rings. The van der Waals surface area contributed by atoms with Crippen molar-refractivity contribution < 1.29 is 9.59 Å². The molecule has 1 aromatic rings. The number of nitrogens with zero attached hydrogens (tertiary/aromatic N) is 5. The van der Waals surface area contributed by atoms with Crippen molar-refractivity contribution in [1.82, 2.24) is 20.3 Å². The molecule has 0 radical (unpaired) electrons. The van der Waals surface area contributed by atoms with Gasteiger partial charge in [0.15, 0.2) is 5.16 Å². The SMILES string of the molecule is CSc1nc(N(C)C)nc(N2C(=O)NC(=O)[C@@H]2C)n1. The number of hydrogen-bond donors (Lipinski definition) is 1. The highest BCUT2D eigenvalue weighted by atomic mass is 32.2. The molecule has 3 amide bonds. The van der Waals surface area contributed by atoms with E-state index in [4.69, 9.17) is 0 Å². The molecule has 1 N–H and O–H groups in total. The molecule has 1 aliphatic rings. The molecule has 19 heavy (non-hydrogen) atoms. The lowest BCUT2D eigenvalue weighted by atomic mass is 10.3. The van der Waals surface area contributed by atoms with E-state index in [1.165, 1.54) is 16.7 Å². The molecular weight excluding hydrogens is 268 g/mol. The molecule has 2 heterocycles. The van der Waals surface area contributed by atoms with Gasteiger partial charge in [0.2, 0.25) is 11.9 Å². The molecule has 0 bridgehead atoms. The molecule has 0 unspecified atom stereocenters. The van der Waals surface area contributed by atoms with Gasteiger partial charge in [0.1, 0.15) is 6.04 Å². The number of aromatic nitrogens is 3. The van der Waals surface area contributed by atoms with E-state index in [0.717, 1.165) is 0 Å². The third-order valence-corrected chi connectivity index (χ3v) is 3.15. The van der Waals surface area contributed by atoms with Crippen LogP contribution < -0.4 is 15.1 Å². The summed E-state index contributed by atoms with van der Waals surface area (Å²) in [6, 6.07) is -1.14. The first-order valence-corrected chi connectivity index (χ1v) is 6.78. The predicted octanol–water partition coefficient (Wildman–Crippen LogP) is 0.104. The van der Waals surface area contributed by atoms with Gasteiger partial charge in [-0.05, 0) is 13.2 Å². The van der Waals surface area contributed by atoms with Gasteiger partial charge >= 0.3 is 6.03 Å². The number of imide groups is 1. The smallest absolute Gasteiger partial charge is 0.331 e. The fourth-order valence-corrected chi connectivity index (χ4v) is 1.91. The monoisotopic (exact) mass is 282 g/mol. The number of nitrogens with one attached hydrogen (secondary N) is 1. The molecule has 0 spiro atoms. The zero-order valence-electron chi connectivity index (χ0n) is 11.0. The van der Waals surface area contributed by atoms with Gasteiger partial charge < -0.3 is 4.90 Å². The minimum Gasteiger partial charge on any atom is -0.347 e. The maximum atomic E-state index is 11.7. The maximum Gasteiger partial charge on any atom is 0.331 e. The Balaban J connectivity index is 2.47. The van der Waals surface area contributed by atoms with Crippen LogP contribution in [0.2, 0.25) is 0 Å². The summed E-state index contributed by atoms with van der Waals surface area (Å²) >= 11 is 1.34. The van der Waals surface area contributed by atoms with Crippen molar-refractivity contribution in [2.24, 2.45) is 0 Å². The Bertz CT molecular complexity index is 535. The van der Waals surface area contributed by atoms with Crippen molar-refractivity contribution in [3.8, 4) is 0 Å². The summed E-state index contributed by atoms with van der Waals surface area (Å²) in [5.74, 6) is 0.259. The van der Waals surface area contributed by atoms with Gasteiger partial charge in [0.05, 0.1) is 0 Å². The van der Waals surface area contributed by atoms with Crippen LogP contribution in [0.4, 0.5) is 16.7 Å². The zero-order chi connectivity index (χ0) is 14.2. The third-order valence-electron chi connectivity index (χ3n) is 2.61. The van der Waals surface area contributed by atoms with Crippen molar-refractivity contribution >= 4 is 35.6 Å². The molecule has 1 atom stereocenters. The molecule has 0 aromatic carbocycles. The fourth-order valence-electron chi connectivity index (χ4n) is 1.56. The minimum absolute atomic E-state index is 0.180. The molecular formula is C10H14N6O2S. The van der Waals surface area contributed by atoms with Gasteiger partial charge in [-0.2, -0.15) is 15.0 Å². The Morgan fingerprint density at radius 2 is 1.95 bits per heavy atom. The van der Waals surface area contributed by atoms with Crippen molar-refractivity contribution in [3.05, 3.63) is 0 Å². The quantitative estimate of drug-likeness (QED) is 0.621. The van der Waals surface area contributed by atoms with Crippen LogP contribution in [0.3, 0.4) is 0 Å². The molecule has 8 nitrogen and oxygen atoms in total. The van der Waals surface area contributed by atoms with E-state index in [1.54, 1.807) is 25.9 Å². The average molecular weight is 282 g/mol. The number of carbonyl (C=O) groups excluding carboxylic acids is 2. The largest absolute Gasteiger partial charge is 0.347 e. The molecule has 0 aliphatic carbocycles. The first kappa shape index (κ1) is 13.5. The van der Waals surface area contributed by atoms with E-state index >= 15 is 0 Å². The van der Waals surface area contributed by atoms with Gasteiger partial charge in [0.25, 0.3) is 5.91 Å². The van der Waals surface area contributed by atoms with Crippen LogP contribution in [-0.2, 0) is 4.79 Å². The standard InChI is InChI=1S/C10H14N6O2S/c1-5-6(17)11-10(18)16(5)8-12-7(15(2)3)13-9(14-8)19-4/h5H,1-4H3,(H,11,17,18)/t5-/m0/s1. The first-order chi connectivity index (χ1) is 8.93. The lowest BCUT2D eigenvalue weighted by Gasteiger charge is -2.18. The predicted molar refractivity (Wildman–Crippen MR) is 71.4 cm³/mol. The second-order valence-corrected chi connectivity index (χ2v) is 4.93. The summed E-state index contributed by atoms with van der Waals surface area (Å²) in [7, 11) is 3.59. The van der Waals surface area contributed by atoms with Crippen LogP contribution in [0.15, 0.2) is 5.16 Å². The summed E-state index contributed by atoms with van der Waals surface area (Å²) in [6.45, 7) is 1.62. The number of carbonyl (C=O) groups is 2. The molecule has 102 valence electrons. The van der Waals surface area contributed by atoms with Crippen LogP contribution in [-0.4, -0.2) is 53.3 Å². The van der Waals surface area contributed by atoms with Crippen molar-refractivity contribution in [2.75, 3.05) is 30.2 Å². The van der Waals surface area contributed by atoms with E-state index in [9.17, 15) is 9.59 Å². The van der Waals surface area contributed by atoms with Crippen molar-refractivity contribution in [3.63, 3.8) is 0 Å². The molecule has 1 saturated heterocycles. The number of hydrogen-bond acceptors (Lipinski definition) is 7. The maximum absolute atomic E-state index is 11.7. The lowest BCUT2D eigenvalue weighted by Crippen LogP contribution is -2.35. The van der Waals surface area contributed by atoms with Crippen LogP contribution >= 0.6 is 11.8 Å². The summed E-state index contributed by atoms with van der Waals surface area (Å²) in [6.07, 6.45) is 1.83. The molecule has 0 saturated carbocycles. The first-order valence-electron chi connectivity index (χ1n) is 5.55. The van der Waals surface area contributed by atoms with Crippen LogP contribution in [0.25, 0.3) is 0 Å². The molecule has 9 heteroatoms. The average Bonchev–Trinajstić information content (AvgIpc) is 2.62. The minimum atomic E-state index is -0.625. The second kappa shape index (κ2) is 5.00. The van der Waals surface area contributed by atoms with Crippen LogP contribution in [0.5, 0.6) is 0 Å². The van der Waals surface area contributed by atoms with Gasteiger partial charge in [0, 0.05) is 14.1 Å². The van der Waals surface area contributed by atoms with Crippen LogP contribution in [0.1, 0.15) is 6.92 Å². The molecule has 2 rings (SSSR count). The lowest BCUT2D eigenvalue weighted by molar-refractivity contribution is -0.119. The summed E-state index contributed by atoms with van der Waals surface area (Å²) in [4.78, 5) is 38.8. The van der Waals surface area contributed by atoms with Crippen molar-refractivity contribution in [2.45, 2.75) is 18.1 Å². The van der Waals surface area contributed by atoms with E-state index < -0.39 is 12.1 Å². The highest BCUT2D eigenvalue weighted by Gasteiger charge is 2.38. The number of urea groups is 1. The Hall–Kier alpha value is -1.90. The summed E-state index contributed by atoms with van der Waals surface area (Å²) in [5, 5.41) is 2.72. The highest BCUT2D eigenvalue weighted by molar-refractivity contribution is 7.98. The normalized spacial score (nSPS) is 18.7. The van der Waals surface area contributed by atoms with Gasteiger partial charge in [-0.3, -0.25) is 10.1 Å². The molecule has 1 aliphatic heterocycles. The summed E-state index contributed by atoms with van der Waals surface area (Å²) in [5.41, 5.74) is 0. The molecule has 1 aromatic heterocycles. The van der Waals surface area contributed by atoms with Gasteiger partial charge in [-0.15, -0.1) is 0 Å². The Morgan fingerprint density at radius 1 is 1.26 bits per heavy atom. The Labute approximate surface area is 114 Å². The summed E-state index contributed by atoms with van der Waals surface area (Å²) < 4.78 is 0. The van der Waals surface area contributed by atoms with E-state index in [0.29, 0.717) is 11.1 Å². The number of rotatable bonds is 3. The Morgan fingerprint density at radius 3 is 2.42 bits per heavy atom. The van der Waals surface area contributed by atoms with Gasteiger partial charge in [-0.1, -0.05) is 11.8 Å². The number of anilines is 2. The van der Waals surface area contributed by atoms with E-state index in [-0.39, 0.29) is 11.9 Å². The Kier molecular flexibility index (Phi) is 3.56. The highest BCUT2D eigenvalue weighted by Crippen LogP contribution is 2.21. The van der Waals surface area contributed by atoms with Gasteiger partial charge in [-0.25, -0.2) is 9.69 Å². The van der Waals surface area contributed by atoms with E-state index in [2.05, 4.69) is 20.3 Å². The topological polar surface area (TPSA) is 91.3 Å². The second-order valence-electron chi connectivity index (χ2n) is 4.16.